The highest BCUT2D eigenvalue weighted by atomic mass is 32.1. The van der Waals surface area contributed by atoms with Crippen LogP contribution in [-0.2, 0) is 10.2 Å². The SMILES string of the molecule is CNC(=O)C[C@H]1CC2(CCN(C(=O)c3cccs3)CC2)c2ccccc21. The summed E-state index contributed by atoms with van der Waals surface area (Å²) in [4.78, 5) is 27.4. The summed E-state index contributed by atoms with van der Waals surface area (Å²) in [7, 11) is 1.70. The maximum atomic E-state index is 12.6. The quantitative estimate of drug-likeness (QED) is 0.901. The number of amides is 2. The van der Waals surface area contributed by atoms with Crippen LogP contribution in [0.1, 0.15) is 52.4 Å². The van der Waals surface area contributed by atoms with Gasteiger partial charge in [0.15, 0.2) is 0 Å². The predicted molar refractivity (Wildman–Crippen MR) is 104 cm³/mol. The van der Waals surface area contributed by atoms with Gasteiger partial charge in [-0.25, -0.2) is 0 Å². The van der Waals surface area contributed by atoms with Crippen molar-refractivity contribution in [1.82, 2.24) is 10.2 Å². The number of nitrogens with one attached hydrogen (secondary N) is 1. The van der Waals surface area contributed by atoms with Crippen LogP contribution >= 0.6 is 11.3 Å². The molecule has 0 bridgehead atoms. The molecule has 0 radical (unpaired) electrons. The predicted octanol–water partition coefficient (Wildman–Crippen LogP) is 3.55. The van der Waals surface area contributed by atoms with Gasteiger partial charge in [0, 0.05) is 26.6 Å². The summed E-state index contributed by atoms with van der Waals surface area (Å²) in [5, 5.41) is 4.71. The molecule has 1 aliphatic carbocycles. The smallest absolute Gasteiger partial charge is 0.263 e. The van der Waals surface area contributed by atoms with Gasteiger partial charge in [-0.1, -0.05) is 30.3 Å². The van der Waals surface area contributed by atoms with Crippen LogP contribution < -0.4 is 5.32 Å². The van der Waals surface area contributed by atoms with E-state index >= 15 is 0 Å². The number of nitrogens with zero attached hydrogens (tertiary/aromatic N) is 1. The number of carbonyl (C=O) groups excluding carboxylic acids is 2. The first kappa shape index (κ1) is 17.3. The van der Waals surface area contributed by atoms with Gasteiger partial charge in [0.25, 0.3) is 5.91 Å². The zero-order valence-electron chi connectivity index (χ0n) is 15.0. The Hall–Kier alpha value is -2.14. The maximum Gasteiger partial charge on any atom is 0.263 e. The monoisotopic (exact) mass is 368 g/mol. The first-order valence-corrected chi connectivity index (χ1v) is 10.1. The van der Waals surface area contributed by atoms with Crippen LogP contribution in [-0.4, -0.2) is 36.9 Å². The first-order valence-electron chi connectivity index (χ1n) is 9.26. The topological polar surface area (TPSA) is 49.4 Å². The lowest BCUT2D eigenvalue weighted by molar-refractivity contribution is -0.121. The highest BCUT2D eigenvalue weighted by Crippen LogP contribution is 2.52. The second kappa shape index (κ2) is 6.88. The molecule has 2 aliphatic rings. The summed E-state index contributed by atoms with van der Waals surface area (Å²) in [5.41, 5.74) is 2.84. The minimum Gasteiger partial charge on any atom is -0.359 e. The molecule has 1 atom stereocenters. The van der Waals surface area contributed by atoms with Gasteiger partial charge in [-0.2, -0.15) is 0 Å². The van der Waals surface area contributed by atoms with Gasteiger partial charge in [-0.15, -0.1) is 11.3 Å². The molecule has 1 N–H and O–H groups in total. The van der Waals surface area contributed by atoms with Crippen LogP contribution in [0, 0.1) is 0 Å². The third-order valence-corrected chi connectivity index (χ3v) is 6.92. The molecular formula is C21H24N2O2S. The molecule has 0 saturated carbocycles. The van der Waals surface area contributed by atoms with Crippen molar-refractivity contribution in [3.63, 3.8) is 0 Å². The zero-order chi connectivity index (χ0) is 18.1. The fourth-order valence-corrected chi connectivity index (χ4v) is 5.39. The highest BCUT2D eigenvalue weighted by molar-refractivity contribution is 7.12. The van der Waals surface area contributed by atoms with E-state index in [0.717, 1.165) is 37.2 Å². The van der Waals surface area contributed by atoms with Crippen molar-refractivity contribution in [3.05, 3.63) is 57.8 Å². The van der Waals surface area contributed by atoms with Gasteiger partial charge in [0.05, 0.1) is 4.88 Å². The number of hydrogen-bond acceptors (Lipinski definition) is 3. The third-order valence-electron chi connectivity index (χ3n) is 6.06. The summed E-state index contributed by atoms with van der Waals surface area (Å²) in [6, 6.07) is 12.4. The van der Waals surface area contributed by atoms with Crippen molar-refractivity contribution in [2.24, 2.45) is 0 Å². The summed E-state index contributed by atoms with van der Waals surface area (Å²) in [6.07, 6.45) is 3.52. The van der Waals surface area contributed by atoms with E-state index in [2.05, 4.69) is 29.6 Å². The highest BCUT2D eigenvalue weighted by Gasteiger charge is 2.46. The number of fused-ring (bicyclic) bond motifs is 2. The van der Waals surface area contributed by atoms with Gasteiger partial charge in [-0.05, 0) is 53.2 Å². The Morgan fingerprint density at radius 2 is 1.96 bits per heavy atom. The summed E-state index contributed by atoms with van der Waals surface area (Å²) >= 11 is 1.51. The Morgan fingerprint density at radius 1 is 1.19 bits per heavy atom. The summed E-state index contributed by atoms with van der Waals surface area (Å²) < 4.78 is 0. The fraction of sp³-hybridized carbons (Fsp3) is 0.429. The Balaban J connectivity index is 1.53. The van der Waals surface area contributed by atoms with E-state index in [9.17, 15) is 9.59 Å². The standard InChI is InChI=1S/C21H24N2O2S/c1-22-19(24)13-15-14-21(17-6-3-2-5-16(15)17)8-10-23(11-9-21)20(25)18-7-4-12-26-18/h2-7,12,15H,8-11,13-14H2,1H3,(H,22,24)/t15-/m0/s1. The van der Waals surface area contributed by atoms with Gasteiger partial charge in [0.1, 0.15) is 0 Å². The molecule has 1 aromatic heterocycles. The number of hydrogen-bond donors (Lipinski definition) is 1. The van der Waals surface area contributed by atoms with Crippen LogP contribution in [0.15, 0.2) is 41.8 Å². The zero-order valence-corrected chi connectivity index (χ0v) is 15.8. The summed E-state index contributed by atoms with van der Waals surface area (Å²) in [6.45, 7) is 1.58. The minimum absolute atomic E-state index is 0.104. The van der Waals surface area contributed by atoms with Gasteiger partial charge in [0.2, 0.25) is 5.91 Å². The maximum absolute atomic E-state index is 12.6. The second-order valence-electron chi connectivity index (χ2n) is 7.42. The van der Waals surface area contributed by atoms with E-state index in [1.807, 2.05) is 22.4 Å². The van der Waals surface area contributed by atoms with E-state index in [0.29, 0.717) is 6.42 Å². The van der Waals surface area contributed by atoms with E-state index in [-0.39, 0.29) is 23.1 Å². The van der Waals surface area contributed by atoms with E-state index < -0.39 is 0 Å². The summed E-state index contributed by atoms with van der Waals surface area (Å²) in [5.74, 6) is 0.543. The Bertz CT molecular complexity index is 807. The van der Waals surface area contributed by atoms with Crippen LogP contribution in [0.3, 0.4) is 0 Å². The number of rotatable bonds is 3. The van der Waals surface area contributed by atoms with Crippen LogP contribution in [0.5, 0.6) is 0 Å². The number of likely N-dealkylation sites (tertiary alicyclic amines) is 1. The molecular weight excluding hydrogens is 344 g/mol. The minimum atomic E-state index is 0.104. The van der Waals surface area contributed by atoms with E-state index in [1.165, 1.54) is 22.5 Å². The lowest BCUT2D eigenvalue weighted by Crippen LogP contribution is -2.44. The number of benzene rings is 1. The van der Waals surface area contributed by atoms with E-state index in [4.69, 9.17) is 0 Å². The number of carbonyl (C=O) groups is 2. The number of piperidine rings is 1. The molecule has 1 aliphatic heterocycles. The van der Waals surface area contributed by atoms with Crippen LogP contribution in [0.25, 0.3) is 0 Å². The first-order chi connectivity index (χ1) is 12.6. The molecule has 2 heterocycles. The molecule has 2 aromatic rings. The molecule has 26 heavy (non-hydrogen) atoms. The molecule has 4 nitrogen and oxygen atoms in total. The Morgan fingerprint density at radius 3 is 2.65 bits per heavy atom. The van der Waals surface area contributed by atoms with Crippen molar-refractivity contribution in [1.29, 1.82) is 0 Å². The average molecular weight is 369 g/mol. The number of thiophene rings is 1. The Labute approximate surface area is 158 Å². The molecule has 2 amide bonds. The average Bonchev–Trinajstić information content (AvgIpc) is 3.30. The van der Waals surface area contributed by atoms with E-state index in [1.54, 1.807) is 7.05 Å². The normalized spacial score (nSPS) is 20.8. The van der Waals surface area contributed by atoms with Crippen LogP contribution in [0.2, 0.25) is 0 Å². The lowest BCUT2D eigenvalue weighted by Gasteiger charge is -2.40. The Kier molecular flexibility index (Phi) is 4.57. The molecule has 1 fully saturated rings. The molecule has 0 unspecified atom stereocenters. The molecule has 1 spiro atoms. The molecule has 1 aromatic carbocycles. The van der Waals surface area contributed by atoms with Gasteiger partial charge < -0.3 is 10.2 Å². The molecule has 4 rings (SSSR count). The van der Waals surface area contributed by atoms with Crippen LogP contribution in [0.4, 0.5) is 0 Å². The van der Waals surface area contributed by atoms with Gasteiger partial charge >= 0.3 is 0 Å². The second-order valence-corrected chi connectivity index (χ2v) is 8.36. The van der Waals surface area contributed by atoms with Crippen molar-refractivity contribution in [3.8, 4) is 0 Å². The molecule has 1 saturated heterocycles. The lowest BCUT2D eigenvalue weighted by atomic mass is 9.73. The van der Waals surface area contributed by atoms with Crippen molar-refractivity contribution in [2.75, 3.05) is 20.1 Å². The van der Waals surface area contributed by atoms with Crippen molar-refractivity contribution >= 4 is 23.2 Å². The third kappa shape index (κ3) is 2.94. The largest absolute Gasteiger partial charge is 0.359 e. The fourth-order valence-electron chi connectivity index (χ4n) is 4.70. The molecule has 136 valence electrons. The van der Waals surface area contributed by atoms with Gasteiger partial charge in [-0.3, -0.25) is 9.59 Å². The molecule has 5 heteroatoms. The van der Waals surface area contributed by atoms with Crippen molar-refractivity contribution in [2.45, 2.75) is 37.0 Å². The van der Waals surface area contributed by atoms with Crippen molar-refractivity contribution < 1.29 is 9.59 Å².